The molecule has 0 unspecified atom stereocenters. The van der Waals surface area contributed by atoms with Gasteiger partial charge in [-0.15, -0.1) is 0 Å². The van der Waals surface area contributed by atoms with Crippen LogP contribution in [0.4, 0.5) is 0 Å². The predicted octanol–water partition coefficient (Wildman–Crippen LogP) is 2.04. The molecular weight excluding hydrogens is 272 g/mol. The Labute approximate surface area is 132 Å². The zero-order valence-electron chi connectivity index (χ0n) is 15.7. The maximum Gasteiger partial charge on any atom is 0.0483 e. The SMILES string of the molecule is CC(C)CO.CC(C)CO.CC(C)O.CC(C)O.CCO. The van der Waals surface area contributed by atoms with Gasteiger partial charge in [-0.1, -0.05) is 27.7 Å². The molecule has 0 aliphatic carbocycles. The number of hydrogen-bond acceptors (Lipinski definition) is 5. The second-order valence-electron chi connectivity index (χ2n) is 5.66. The molecular formula is C16H42O5. The van der Waals surface area contributed by atoms with Crippen LogP contribution in [0.5, 0.6) is 0 Å². The van der Waals surface area contributed by atoms with Crippen LogP contribution in [0.1, 0.15) is 62.3 Å². The third kappa shape index (κ3) is 434. The van der Waals surface area contributed by atoms with Crippen LogP contribution in [0.2, 0.25) is 0 Å². The van der Waals surface area contributed by atoms with Crippen molar-refractivity contribution in [2.24, 2.45) is 11.8 Å². The van der Waals surface area contributed by atoms with Crippen LogP contribution in [0.25, 0.3) is 0 Å². The van der Waals surface area contributed by atoms with Crippen molar-refractivity contribution in [2.75, 3.05) is 19.8 Å². The molecule has 136 valence electrons. The molecule has 0 bridgehead atoms. The Morgan fingerprint density at radius 1 is 0.571 bits per heavy atom. The summed E-state index contributed by atoms with van der Waals surface area (Å²) in [6, 6.07) is 0. The molecule has 0 saturated carbocycles. The lowest BCUT2D eigenvalue weighted by Gasteiger charge is -1.90. The molecule has 0 rings (SSSR count). The van der Waals surface area contributed by atoms with E-state index in [4.69, 9.17) is 25.5 Å². The topological polar surface area (TPSA) is 101 Å². The van der Waals surface area contributed by atoms with E-state index in [9.17, 15) is 0 Å². The highest BCUT2D eigenvalue weighted by Crippen LogP contribution is 1.83. The largest absolute Gasteiger partial charge is 0.397 e. The maximum atomic E-state index is 8.14. The quantitative estimate of drug-likeness (QED) is 0.537. The summed E-state index contributed by atoms with van der Waals surface area (Å²) in [5.74, 6) is 0.880. The zero-order valence-corrected chi connectivity index (χ0v) is 15.7. The maximum absolute atomic E-state index is 8.14. The normalized spacial score (nSPS) is 8.86. The van der Waals surface area contributed by atoms with E-state index < -0.39 is 0 Å². The van der Waals surface area contributed by atoms with Crippen molar-refractivity contribution in [3.8, 4) is 0 Å². The first-order valence-corrected chi connectivity index (χ1v) is 7.61. The molecule has 0 fully saturated rings. The fraction of sp³-hybridized carbons (Fsp3) is 1.00. The third-order valence-corrected chi connectivity index (χ3v) is 0.730. The molecule has 0 radical (unpaired) electrons. The van der Waals surface area contributed by atoms with Crippen molar-refractivity contribution >= 4 is 0 Å². The first-order chi connectivity index (χ1) is 9.42. The first-order valence-electron chi connectivity index (χ1n) is 7.61. The van der Waals surface area contributed by atoms with Crippen molar-refractivity contribution in [3.05, 3.63) is 0 Å². The minimum atomic E-state index is -0.167. The van der Waals surface area contributed by atoms with E-state index in [0.29, 0.717) is 25.0 Å². The van der Waals surface area contributed by atoms with Crippen molar-refractivity contribution in [2.45, 2.75) is 74.5 Å². The van der Waals surface area contributed by atoms with Gasteiger partial charge in [0.05, 0.1) is 0 Å². The van der Waals surface area contributed by atoms with Gasteiger partial charge >= 0.3 is 0 Å². The summed E-state index contributed by atoms with van der Waals surface area (Å²) in [7, 11) is 0. The Morgan fingerprint density at radius 2 is 0.619 bits per heavy atom. The standard InChI is InChI=1S/2C4H10O.2C3H8O.C2H6O/c2*1-4(2)3-5;2*1-3(2)4;1-2-3/h2*4-5H,3H2,1-2H3;2*3-4H,1-2H3;3H,2H2,1H3. The molecule has 0 aromatic heterocycles. The Kier molecular flexibility index (Phi) is 49.7. The van der Waals surface area contributed by atoms with Gasteiger partial charge in [-0.3, -0.25) is 0 Å². The van der Waals surface area contributed by atoms with E-state index in [1.807, 2.05) is 27.7 Å². The summed E-state index contributed by atoms with van der Waals surface area (Å²) in [6.07, 6.45) is -0.333. The molecule has 0 aliphatic rings. The smallest absolute Gasteiger partial charge is 0.0483 e. The van der Waals surface area contributed by atoms with Gasteiger partial charge in [0.25, 0.3) is 0 Å². The van der Waals surface area contributed by atoms with Gasteiger partial charge in [-0.25, -0.2) is 0 Å². The Balaban J connectivity index is -0.0000000514. The highest BCUT2D eigenvalue weighted by atomic mass is 16.3. The summed E-state index contributed by atoms with van der Waals surface area (Å²) < 4.78 is 0. The van der Waals surface area contributed by atoms with Crippen molar-refractivity contribution in [1.82, 2.24) is 0 Å². The molecule has 0 aromatic rings. The Hall–Kier alpha value is -0.200. The van der Waals surface area contributed by atoms with Gasteiger partial charge < -0.3 is 25.5 Å². The highest BCUT2D eigenvalue weighted by molar-refractivity contribution is 4.32. The fourth-order valence-corrected chi connectivity index (χ4v) is 0. The number of aliphatic hydroxyl groups excluding tert-OH is 5. The second kappa shape index (κ2) is 31.9. The molecule has 0 atom stereocenters. The third-order valence-electron chi connectivity index (χ3n) is 0.730. The molecule has 0 aliphatic heterocycles. The van der Waals surface area contributed by atoms with Gasteiger partial charge in [0.15, 0.2) is 0 Å². The molecule has 5 heteroatoms. The minimum absolute atomic E-state index is 0.167. The summed E-state index contributed by atoms with van der Waals surface area (Å²) in [4.78, 5) is 0. The Bertz CT molecular complexity index is 106. The number of hydrogen-bond donors (Lipinski definition) is 5. The van der Waals surface area contributed by atoms with Crippen molar-refractivity contribution in [1.29, 1.82) is 0 Å². The van der Waals surface area contributed by atoms with E-state index in [1.54, 1.807) is 34.6 Å². The summed E-state index contributed by atoms with van der Waals surface area (Å²) in [6.45, 7) is 17.3. The van der Waals surface area contributed by atoms with E-state index in [0.717, 1.165) is 0 Å². The van der Waals surface area contributed by atoms with Gasteiger partial charge in [-0.2, -0.15) is 0 Å². The first kappa shape index (κ1) is 32.7. The van der Waals surface area contributed by atoms with Gasteiger partial charge in [0, 0.05) is 32.0 Å². The van der Waals surface area contributed by atoms with Crippen LogP contribution in [-0.2, 0) is 0 Å². The number of aliphatic hydroxyl groups is 5. The fourth-order valence-electron chi connectivity index (χ4n) is 0. The van der Waals surface area contributed by atoms with Crippen molar-refractivity contribution < 1.29 is 25.5 Å². The molecule has 0 heterocycles. The van der Waals surface area contributed by atoms with Crippen LogP contribution in [0.3, 0.4) is 0 Å². The molecule has 5 N–H and O–H groups in total. The van der Waals surface area contributed by atoms with Crippen LogP contribution < -0.4 is 0 Å². The van der Waals surface area contributed by atoms with E-state index in [-0.39, 0.29) is 18.8 Å². The Morgan fingerprint density at radius 3 is 0.619 bits per heavy atom. The number of rotatable bonds is 2. The van der Waals surface area contributed by atoms with Crippen LogP contribution in [0, 0.1) is 11.8 Å². The lowest BCUT2D eigenvalue weighted by Crippen LogP contribution is -1.90. The molecule has 21 heavy (non-hydrogen) atoms. The van der Waals surface area contributed by atoms with Crippen LogP contribution >= 0.6 is 0 Å². The lowest BCUT2D eigenvalue weighted by atomic mass is 10.2. The van der Waals surface area contributed by atoms with Gasteiger partial charge in [-0.05, 0) is 46.5 Å². The monoisotopic (exact) mass is 314 g/mol. The van der Waals surface area contributed by atoms with Gasteiger partial charge in [0.2, 0.25) is 0 Å². The van der Waals surface area contributed by atoms with Crippen LogP contribution in [0.15, 0.2) is 0 Å². The average molecular weight is 315 g/mol. The minimum Gasteiger partial charge on any atom is -0.397 e. The average Bonchev–Trinajstić information content (AvgIpc) is 2.29. The summed E-state index contributed by atoms with van der Waals surface area (Å²) >= 11 is 0. The zero-order chi connectivity index (χ0) is 18.4. The summed E-state index contributed by atoms with van der Waals surface area (Å²) in [5.41, 5.74) is 0. The van der Waals surface area contributed by atoms with E-state index in [1.165, 1.54) is 0 Å². The lowest BCUT2D eigenvalue weighted by molar-refractivity contribution is 0.215. The molecule has 0 aromatic carbocycles. The molecule has 0 spiro atoms. The second-order valence-corrected chi connectivity index (χ2v) is 5.66. The summed E-state index contributed by atoms with van der Waals surface area (Å²) in [5, 5.41) is 40.0. The molecule has 5 nitrogen and oxygen atoms in total. The predicted molar refractivity (Wildman–Crippen MR) is 91.3 cm³/mol. The highest BCUT2D eigenvalue weighted by Gasteiger charge is 1.82. The van der Waals surface area contributed by atoms with E-state index in [2.05, 4.69) is 0 Å². The van der Waals surface area contributed by atoms with Crippen LogP contribution in [-0.4, -0.2) is 57.6 Å². The van der Waals surface area contributed by atoms with Gasteiger partial charge in [0.1, 0.15) is 0 Å². The molecule has 0 amide bonds. The van der Waals surface area contributed by atoms with E-state index >= 15 is 0 Å². The van der Waals surface area contributed by atoms with Crippen molar-refractivity contribution in [3.63, 3.8) is 0 Å². The molecule has 0 saturated heterocycles.